The van der Waals surface area contributed by atoms with Gasteiger partial charge in [-0.15, -0.1) is 0 Å². The summed E-state index contributed by atoms with van der Waals surface area (Å²) in [5, 5.41) is 8.62. The van der Waals surface area contributed by atoms with Gasteiger partial charge in [-0.05, 0) is 24.1 Å². The van der Waals surface area contributed by atoms with Crippen LogP contribution in [0.4, 0.5) is 4.39 Å². The van der Waals surface area contributed by atoms with E-state index in [9.17, 15) is 9.18 Å². The summed E-state index contributed by atoms with van der Waals surface area (Å²) in [6.07, 6.45) is 1.03. The molecule has 17 heavy (non-hydrogen) atoms. The van der Waals surface area contributed by atoms with Crippen LogP contribution in [0.15, 0.2) is 24.3 Å². The normalized spacial score (nSPS) is 9.71. The third kappa shape index (κ3) is 4.23. The maximum absolute atomic E-state index is 12.7. The Kier molecular flexibility index (Phi) is 5.15. The molecule has 0 aliphatic rings. The monoisotopic (exact) mass is 234 g/mol. The first-order chi connectivity index (χ1) is 8.17. The van der Waals surface area contributed by atoms with Crippen LogP contribution in [0.5, 0.6) is 0 Å². The molecule has 0 bridgehead atoms. The molecule has 1 amide bonds. The fraction of sp³-hybridized carbons (Fsp3) is 0.385. The topological polar surface area (TPSA) is 44.1 Å². The molecule has 0 aliphatic heterocycles. The summed E-state index contributed by atoms with van der Waals surface area (Å²) >= 11 is 0. The van der Waals surface area contributed by atoms with E-state index in [0.717, 1.165) is 12.0 Å². The second-order valence-corrected chi connectivity index (χ2v) is 3.78. The molecule has 0 saturated heterocycles. The molecule has 0 aliphatic carbocycles. The van der Waals surface area contributed by atoms with Crippen molar-refractivity contribution in [1.29, 1.82) is 5.26 Å². The summed E-state index contributed by atoms with van der Waals surface area (Å²) in [6, 6.07) is 7.81. The molecule has 0 fully saturated rings. The number of hydrogen-bond acceptors (Lipinski definition) is 2. The van der Waals surface area contributed by atoms with Crippen molar-refractivity contribution in [3.8, 4) is 6.07 Å². The van der Waals surface area contributed by atoms with Gasteiger partial charge in [-0.3, -0.25) is 4.79 Å². The van der Waals surface area contributed by atoms with Crippen molar-refractivity contribution in [2.45, 2.75) is 19.8 Å². The van der Waals surface area contributed by atoms with E-state index in [4.69, 9.17) is 5.26 Å². The summed E-state index contributed by atoms with van der Waals surface area (Å²) < 4.78 is 12.7. The summed E-state index contributed by atoms with van der Waals surface area (Å²) in [7, 11) is 0. The minimum Gasteiger partial charge on any atom is -0.329 e. The summed E-state index contributed by atoms with van der Waals surface area (Å²) in [5.41, 5.74) is 0.760. The molecule has 0 spiro atoms. The molecule has 1 aromatic carbocycles. The van der Waals surface area contributed by atoms with Crippen molar-refractivity contribution in [1.82, 2.24) is 4.90 Å². The van der Waals surface area contributed by atoms with Crippen molar-refractivity contribution >= 4 is 5.91 Å². The minimum absolute atomic E-state index is 0.0972. The highest BCUT2D eigenvalue weighted by Crippen LogP contribution is 2.06. The van der Waals surface area contributed by atoms with E-state index in [0.29, 0.717) is 6.54 Å². The molecular weight excluding hydrogens is 219 g/mol. The van der Waals surface area contributed by atoms with Crippen LogP contribution in [0.3, 0.4) is 0 Å². The number of nitriles is 1. The third-order valence-corrected chi connectivity index (χ3v) is 2.38. The zero-order valence-electron chi connectivity index (χ0n) is 9.82. The number of carbonyl (C=O) groups is 1. The Morgan fingerprint density at radius 1 is 1.41 bits per heavy atom. The lowest BCUT2D eigenvalue weighted by atomic mass is 10.1. The van der Waals surface area contributed by atoms with Crippen molar-refractivity contribution in [2.75, 3.05) is 13.1 Å². The zero-order valence-corrected chi connectivity index (χ0v) is 9.82. The molecule has 90 valence electrons. The molecule has 0 aromatic heterocycles. The summed E-state index contributed by atoms with van der Waals surface area (Å²) in [5.74, 6) is -0.413. The van der Waals surface area contributed by atoms with Crippen LogP contribution in [0.2, 0.25) is 0 Å². The molecule has 0 atom stereocenters. The number of halogens is 1. The van der Waals surface area contributed by atoms with Crippen LogP contribution in [0.25, 0.3) is 0 Å². The minimum atomic E-state index is -0.316. The van der Waals surface area contributed by atoms with Gasteiger partial charge in [-0.1, -0.05) is 19.1 Å². The largest absolute Gasteiger partial charge is 0.329 e. The van der Waals surface area contributed by atoms with Gasteiger partial charge in [-0.25, -0.2) is 4.39 Å². The lowest BCUT2D eigenvalue weighted by Gasteiger charge is -2.18. The van der Waals surface area contributed by atoms with Gasteiger partial charge in [0, 0.05) is 6.54 Å². The molecule has 4 heteroatoms. The van der Waals surface area contributed by atoms with Crippen LogP contribution >= 0.6 is 0 Å². The van der Waals surface area contributed by atoms with Crippen LogP contribution in [0, 0.1) is 17.1 Å². The summed E-state index contributed by atoms with van der Waals surface area (Å²) in [6.45, 7) is 2.64. The lowest BCUT2D eigenvalue weighted by molar-refractivity contribution is -0.129. The maximum atomic E-state index is 12.7. The average Bonchev–Trinajstić information content (AvgIpc) is 2.32. The lowest BCUT2D eigenvalue weighted by Crippen LogP contribution is -2.33. The van der Waals surface area contributed by atoms with Crippen LogP contribution in [-0.2, 0) is 11.2 Å². The number of carbonyl (C=O) groups excluding carboxylic acids is 1. The van der Waals surface area contributed by atoms with Crippen molar-refractivity contribution < 1.29 is 9.18 Å². The van der Waals surface area contributed by atoms with Gasteiger partial charge < -0.3 is 4.90 Å². The Bertz CT molecular complexity index is 408. The standard InChI is InChI=1S/C13H15FN2O/c1-2-8-16(9-7-15)13(17)10-11-3-5-12(14)6-4-11/h3-6H,2,8-10H2,1H3. The quantitative estimate of drug-likeness (QED) is 0.732. The highest BCUT2D eigenvalue weighted by atomic mass is 19.1. The predicted octanol–water partition coefficient (Wildman–Crippen LogP) is 2.13. The molecule has 3 nitrogen and oxygen atoms in total. The van der Waals surface area contributed by atoms with Crippen molar-refractivity contribution in [2.24, 2.45) is 0 Å². The Balaban J connectivity index is 2.63. The first kappa shape index (κ1) is 13.2. The molecule has 0 heterocycles. The summed E-state index contributed by atoms with van der Waals surface area (Å²) in [4.78, 5) is 13.4. The SMILES string of the molecule is CCCN(CC#N)C(=O)Cc1ccc(F)cc1. The fourth-order valence-electron chi connectivity index (χ4n) is 1.54. The molecule has 0 saturated carbocycles. The zero-order chi connectivity index (χ0) is 12.7. The van der Waals surface area contributed by atoms with Gasteiger partial charge in [0.2, 0.25) is 5.91 Å². The van der Waals surface area contributed by atoms with E-state index in [-0.39, 0.29) is 24.7 Å². The second-order valence-electron chi connectivity index (χ2n) is 3.78. The van der Waals surface area contributed by atoms with Gasteiger partial charge in [0.15, 0.2) is 0 Å². The van der Waals surface area contributed by atoms with Crippen LogP contribution in [-0.4, -0.2) is 23.9 Å². The number of hydrogen-bond donors (Lipinski definition) is 0. The van der Waals surface area contributed by atoms with Crippen LogP contribution in [0.1, 0.15) is 18.9 Å². The van der Waals surface area contributed by atoms with Crippen molar-refractivity contribution in [3.05, 3.63) is 35.6 Å². The first-order valence-electron chi connectivity index (χ1n) is 5.56. The van der Waals surface area contributed by atoms with Gasteiger partial charge in [0.25, 0.3) is 0 Å². The third-order valence-electron chi connectivity index (χ3n) is 2.38. The van der Waals surface area contributed by atoms with E-state index in [1.165, 1.54) is 17.0 Å². The number of nitrogens with zero attached hydrogens (tertiary/aromatic N) is 2. The van der Waals surface area contributed by atoms with Gasteiger partial charge >= 0.3 is 0 Å². The number of benzene rings is 1. The Morgan fingerprint density at radius 3 is 2.59 bits per heavy atom. The van der Waals surface area contributed by atoms with Gasteiger partial charge in [-0.2, -0.15) is 5.26 Å². The van der Waals surface area contributed by atoms with E-state index in [1.807, 2.05) is 13.0 Å². The predicted molar refractivity (Wildman–Crippen MR) is 62.6 cm³/mol. The van der Waals surface area contributed by atoms with E-state index in [2.05, 4.69) is 0 Å². The Morgan fingerprint density at radius 2 is 2.06 bits per heavy atom. The van der Waals surface area contributed by atoms with Gasteiger partial charge in [0.1, 0.15) is 12.4 Å². The maximum Gasteiger partial charge on any atom is 0.227 e. The number of rotatable bonds is 5. The molecule has 0 radical (unpaired) electrons. The smallest absolute Gasteiger partial charge is 0.227 e. The Hall–Kier alpha value is -1.89. The van der Waals surface area contributed by atoms with E-state index < -0.39 is 0 Å². The fourth-order valence-corrected chi connectivity index (χ4v) is 1.54. The number of amides is 1. The Labute approximate surface area is 100 Å². The molecule has 0 unspecified atom stereocenters. The van der Waals surface area contributed by atoms with Crippen LogP contribution < -0.4 is 0 Å². The van der Waals surface area contributed by atoms with E-state index >= 15 is 0 Å². The van der Waals surface area contributed by atoms with Crippen molar-refractivity contribution in [3.63, 3.8) is 0 Å². The highest BCUT2D eigenvalue weighted by Gasteiger charge is 2.12. The molecular formula is C13H15FN2O. The average molecular weight is 234 g/mol. The van der Waals surface area contributed by atoms with E-state index in [1.54, 1.807) is 12.1 Å². The molecule has 1 rings (SSSR count). The first-order valence-corrected chi connectivity index (χ1v) is 5.56. The molecule has 1 aromatic rings. The highest BCUT2D eigenvalue weighted by molar-refractivity contribution is 5.79. The van der Waals surface area contributed by atoms with Gasteiger partial charge in [0.05, 0.1) is 12.5 Å². The molecule has 0 N–H and O–H groups in total. The second kappa shape index (κ2) is 6.64.